The SMILES string of the molecule is O=COCc1ccccc1Br. The number of rotatable bonds is 3. The Morgan fingerprint density at radius 3 is 2.82 bits per heavy atom. The molecule has 0 amide bonds. The Morgan fingerprint density at radius 1 is 1.45 bits per heavy atom. The lowest BCUT2D eigenvalue weighted by molar-refractivity contribution is -0.129. The second kappa shape index (κ2) is 4.13. The summed E-state index contributed by atoms with van der Waals surface area (Å²) in [7, 11) is 0. The molecule has 1 aromatic rings. The fraction of sp³-hybridized carbons (Fsp3) is 0.125. The number of hydrogen-bond donors (Lipinski definition) is 0. The van der Waals surface area contributed by atoms with Gasteiger partial charge in [-0.1, -0.05) is 34.1 Å². The van der Waals surface area contributed by atoms with Gasteiger partial charge in [0, 0.05) is 10.0 Å². The Balaban J connectivity index is 2.69. The highest BCUT2D eigenvalue weighted by Gasteiger charge is 1.96. The van der Waals surface area contributed by atoms with Crippen LogP contribution in [0, 0.1) is 0 Å². The van der Waals surface area contributed by atoms with Crippen molar-refractivity contribution in [1.82, 2.24) is 0 Å². The fourth-order valence-corrected chi connectivity index (χ4v) is 1.14. The van der Waals surface area contributed by atoms with Crippen molar-refractivity contribution in [3.8, 4) is 0 Å². The predicted octanol–water partition coefficient (Wildman–Crippen LogP) is 2.12. The predicted molar refractivity (Wildman–Crippen MR) is 45.0 cm³/mol. The van der Waals surface area contributed by atoms with Crippen molar-refractivity contribution in [3.63, 3.8) is 0 Å². The summed E-state index contributed by atoms with van der Waals surface area (Å²) < 4.78 is 5.55. The molecule has 1 aromatic carbocycles. The first kappa shape index (κ1) is 8.27. The zero-order valence-corrected chi connectivity index (χ0v) is 7.37. The summed E-state index contributed by atoms with van der Waals surface area (Å²) >= 11 is 3.33. The molecule has 11 heavy (non-hydrogen) atoms. The summed E-state index contributed by atoms with van der Waals surface area (Å²) in [6, 6.07) is 7.61. The maximum atomic E-state index is 9.85. The van der Waals surface area contributed by atoms with Crippen LogP contribution in [0.5, 0.6) is 0 Å². The quantitative estimate of drug-likeness (QED) is 0.722. The van der Waals surface area contributed by atoms with Crippen molar-refractivity contribution in [2.24, 2.45) is 0 Å². The lowest BCUT2D eigenvalue weighted by Gasteiger charge is -2.00. The highest BCUT2D eigenvalue weighted by Crippen LogP contribution is 2.15. The molecule has 0 atom stereocenters. The number of ether oxygens (including phenoxy) is 1. The Hall–Kier alpha value is -0.830. The molecule has 0 aliphatic rings. The van der Waals surface area contributed by atoms with Gasteiger partial charge in [-0.05, 0) is 6.07 Å². The van der Waals surface area contributed by atoms with Crippen molar-refractivity contribution in [1.29, 1.82) is 0 Å². The molecule has 0 radical (unpaired) electrons. The number of hydrogen-bond acceptors (Lipinski definition) is 2. The van der Waals surface area contributed by atoms with E-state index in [-0.39, 0.29) is 0 Å². The third kappa shape index (κ3) is 2.35. The van der Waals surface area contributed by atoms with Gasteiger partial charge in [0.15, 0.2) is 0 Å². The monoisotopic (exact) mass is 214 g/mol. The summed E-state index contributed by atoms with van der Waals surface area (Å²) in [5, 5.41) is 0. The minimum Gasteiger partial charge on any atom is -0.463 e. The van der Waals surface area contributed by atoms with E-state index in [9.17, 15) is 4.79 Å². The van der Waals surface area contributed by atoms with E-state index in [0.29, 0.717) is 13.1 Å². The Bertz CT molecular complexity index is 248. The van der Waals surface area contributed by atoms with Crippen molar-refractivity contribution < 1.29 is 9.53 Å². The van der Waals surface area contributed by atoms with E-state index in [1.807, 2.05) is 24.3 Å². The molecular formula is C8H7BrO2. The second-order valence-electron chi connectivity index (χ2n) is 2.00. The molecular weight excluding hydrogens is 208 g/mol. The molecule has 0 saturated carbocycles. The first-order chi connectivity index (χ1) is 5.34. The number of benzene rings is 1. The van der Waals surface area contributed by atoms with Crippen LogP contribution >= 0.6 is 15.9 Å². The molecule has 0 aliphatic carbocycles. The molecule has 3 heteroatoms. The molecule has 0 bridgehead atoms. The maximum Gasteiger partial charge on any atom is 0.293 e. The van der Waals surface area contributed by atoms with Crippen LogP contribution in [-0.2, 0) is 16.1 Å². The van der Waals surface area contributed by atoms with Gasteiger partial charge < -0.3 is 4.74 Å². The van der Waals surface area contributed by atoms with Gasteiger partial charge in [-0.25, -0.2) is 0 Å². The van der Waals surface area contributed by atoms with E-state index in [1.165, 1.54) is 0 Å². The van der Waals surface area contributed by atoms with Crippen LogP contribution in [-0.4, -0.2) is 6.47 Å². The Kier molecular flexibility index (Phi) is 3.11. The van der Waals surface area contributed by atoms with Gasteiger partial charge in [-0.15, -0.1) is 0 Å². The first-order valence-electron chi connectivity index (χ1n) is 3.13. The number of carbonyl (C=O) groups is 1. The minimum absolute atomic E-state index is 0.324. The summed E-state index contributed by atoms with van der Waals surface area (Å²) in [6.45, 7) is 0.768. The molecule has 0 saturated heterocycles. The van der Waals surface area contributed by atoms with E-state index >= 15 is 0 Å². The van der Waals surface area contributed by atoms with Gasteiger partial charge in [0.1, 0.15) is 6.61 Å². The normalized spacial score (nSPS) is 9.18. The van der Waals surface area contributed by atoms with Gasteiger partial charge >= 0.3 is 0 Å². The summed E-state index contributed by atoms with van der Waals surface area (Å²) in [6.07, 6.45) is 0. The summed E-state index contributed by atoms with van der Waals surface area (Å²) in [4.78, 5) is 9.85. The van der Waals surface area contributed by atoms with Gasteiger partial charge in [-0.2, -0.15) is 0 Å². The van der Waals surface area contributed by atoms with E-state index in [2.05, 4.69) is 20.7 Å². The molecule has 0 aliphatic heterocycles. The molecule has 2 nitrogen and oxygen atoms in total. The highest BCUT2D eigenvalue weighted by molar-refractivity contribution is 9.10. The smallest absolute Gasteiger partial charge is 0.293 e. The maximum absolute atomic E-state index is 9.85. The van der Waals surface area contributed by atoms with Crippen molar-refractivity contribution in [3.05, 3.63) is 34.3 Å². The zero-order chi connectivity index (χ0) is 8.10. The van der Waals surface area contributed by atoms with Gasteiger partial charge in [-0.3, -0.25) is 4.79 Å². The third-order valence-corrected chi connectivity index (χ3v) is 2.04. The van der Waals surface area contributed by atoms with E-state index in [0.717, 1.165) is 10.0 Å². The third-order valence-electron chi connectivity index (χ3n) is 1.26. The molecule has 0 unspecified atom stereocenters. The lowest BCUT2D eigenvalue weighted by Crippen LogP contribution is -1.90. The largest absolute Gasteiger partial charge is 0.463 e. The van der Waals surface area contributed by atoms with E-state index < -0.39 is 0 Å². The van der Waals surface area contributed by atoms with Gasteiger partial charge in [0.2, 0.25) is 0 Å². The van der Waals surface area contributed by atoms with Crippen LogP contribution in [0.4, 0.5) is 0 Å². The number of halogens is 1. The molecule has 0 fully saturated rings. The average Bonchev–Trinajstić information content (AvgIpc) is 2.03. The van der Waals surface area contributed by atoms with Gasteiger partial charge in [0.25, 0.3) is 6.47 Å². The van der Waals surface area contributed by atoms with Crippen molar-refractivity contribution >= 4 is 22.4 Å². The van der Waals surface area contributed by atoms with Gasteiger partial charge in [0.05, 0.1) is 0 Å². The molecule has 0 spiro atoms. The Labute approximate surface area is 73.3 Å². The molecule has 0 heterocycles. The Morgan fingerprint density at radius 2 is 2.18 bits per heavy atom. The van der Waals surface area contributed by atoms with Crippen LogP contribution < -0.4 is 0 Å². The molecule has 58 valence electrons. The summed E-state index contributed by atoms with van der Waals surface area (Å²) in [5.41, 5.74) is 0.972. The first-order valence-corrected chi connectivity index (χ1v) is 3.92. The average molecular weight is 215 g/mol. The van der Waals surface area contributed by atoms with Crippen molar-refractivity contribution in [2.75, 3.05) is 0 Å². The van der Waals surface area contributed by atoms with Crippen LogP contribution in [0.15, 0.2) is 28.7 Å². The highest BCUT2D eigenvalue weighted by atomic mass is 79.9. The van der Waals surface area contributed by atoms with Crippen LogP contribution in [0.3, 0.4) is 0 Å². The molecule has 0 aromatic heterocycles. The molecule has 0 N–H and O–H groups in total. The van der Waals surface area contributed by atoms with Crippen LogP contribution in [0.2, 0.25) is 0 Å². The minimum atomic E-state index is 0.324. The standard InChI is InChI=1S/C8H7BrO2/c9-8-4-2-1-3-7(8)5-11-6-10/h1-4,6H,5H2. The topological polar surface area (TPSA) is 26.3 Å². The second-order valence-corrected chi connectivity index (χ2v) is 2.85. The fourth-order valence-electron chi connectivity index (χ4n) is 0.739. The zero-order valence-electron chi connectivity index (χ0n) is 5.79. The van der Waals surface area contributed by atoms with E-state index in [1.54, 1.807) is 0 Å². The van der Waals surface area contributed by atoms with Crippen molar-refractivity contribution in [2.45, 2.75) is 6.61 Å². The van der Waals surface area contributed by atoms with Crippen LogP contribution in [0.1, 0.15) is 5.56 Å². The lowest BCUT2D eigenvalue weighted by atomic mass is 10.2. The van der Waals surface area contributed by atoms with E-state index in [4.69, 9.17) is 0 Å². The molecule has 1 rings (SSSR count). The number of carbonyl (C=O) groups excluding carboxylic acids is 1. The summed E-state index contributed by atoms with van der Waals surface area (Å²) in [5.74, 6) is 0. The van der Waals surface area contributed by atoms with Crippen LogP contribution in [0.25, 0.3) is 0 Å².